The average Bonchev–Trinajstić information content (AvgIpc) is 3.67. The number of benzene rings is 2. The molecule has 2 heterocycles. The van der Waals surface area contributed by atoms with E-state index in [0.717, 1.165) is 10.6 Å². The zero-order chi connectivity index (χ0) is 34.4. The van der Waals surface area contributed by atoms with Crippen molar-refractivity contribution in [3.8, 4) is 12.8 Å². The third-order valence-electron chi connectivity index (χ3n) is 6.76. The zero-order valence-corrected chi connectivity index (χ0v) is 25.8. The molecule has 1 aliphatic heterocycles. The van der Waals surface area contributed by atoms with Gasteiger partial charge in [-0.2, -0.15) is 0 Å². The minimum Gasteiger partial charge on any atom is -0.461 e. The van der Waals surface area contributed by atoms with E-state index >= 15 is 0 Å². The second kappa shape index (κ2) is 17.5. The molecule has 0 aliphatic carbocycles. The van der Waals surface area contributed by atoms with E-state index in [4.69, 9.17) is 15.9 Å². The SMILES string of the molecule is C#C.CC(C)C[C@@H](C(=O)NCC(=O)c1ccco1)C(CN1C(=O)c2ccccc2C1=O)C(=O)NO.Cc1ccc(N=C(N)N)cc1. The lowest BCUT2D eigenvalue weighted by Crippen LogP contribution is -2.49. The molecule has 0 saturated heterocycles. The highest BCUT2D eigenvalue weighted by Crippen LogP contribution is 2.28. The standard InChI is InChI=1S/C23H25N3O7.C8H11N3.C2H2/c1-13(2)10-16(20(28)24-11-18(27)19-8-5-9-33-19)17(21(29)25-32)12-26-22(30)14-6-3-4-7-15(14)23(26)31;1-6-2-4-7(5-3-6)11-8(9)10;1-2/h3-9,13,16-17,32H,10-12H2,1-2H3,(H,24,28)(H,25,29);2-5H,1H3,(H4,9,10,11);1-2H/t16-,17?;;/m1../s1. The third kappa shape index (κ3) is 9.90. The molecule has 2 atom stereocenters. The van der Waals surface area contributed by atoms with E-state index in [1.165, 1.54) is 35.5 Å². The Balaban J connectivity index is 0.000000475. The summed E-state index contributed by atoms with van der Waals surface area (Å²) in [5.74, 6) is -5.29. The molecule has 0 saturated carbocycles. The Labute approximate surface area is 267 Å². The largest absolute Gasteiger partial charge is 0.461 e. The molecule has 1 aliphatic rings. The first-order valence-electron chi connectivity index (χ1n) is 14.2. The van der Waals surface area contributed by atoms with Crippen LogP contribution in [0.25, 0.3) is 0 Å². The highest BCUT2D eigenvalue weighted by Gasteiger charge is 2.42. The molecule has 0 bridgehead atoms. The van der Waals surface area contributed by atoms with Crippen molar-refractivity contribution in [2.24, 2.45) is 34.2 Å². The summed E-state index contributed by atoms with van der Waals surface area (Å²) in [4.78, 5) is 68.1. The normalized spacial score (nSPS) is 12.8. The average molecular weight is 631 g/mol. The maximum absolute atomic E-state index is 13.0. The number of amides is 4. The molecule has 0 fully saturated rings. The Morgan fingerprint density at radius 3 is 1.98 bits per heavy atom. The van der Waals surface area contributed by atoms with E-state index in [9.17, 15) is 29.2 Å². The summed E-state index contributed by atoms with van der Waals surface area (Å²) in [6.07, 6.45) is 9.54. The number of furan rings is 1. The van der Waals surface area contributed by atoms with Gasteiger partial charge in [0.05, 0.1) is 41.5 Å². The van der Waals surface area contributed by atoms with Gasteiger partial charge < -0.3 is 21.2 Å². The van der Waals surface area contributed by atoms with Gasteiger partial charge in [0.1, 0.15) is 0 Å². The maximum atomic E-state index is 13.0. The summed E-state index contributed by atoms with van der Waals surface area (Å²) >= 11 is 0. The van der Waals surface area contributed by atoms with Gasteiger partial charge in [0.25, 0.3) is 11.8 Å². The zero-order valence-electron chi connectivity index (χ0n) is 25.8. The summed E-state index contributed by atoms with van der Waals surface area (Å²) < 4.78 is 5.02. The predicted octanol–water partition coefficient (Wildman–Crippen LogP) is 2.81. The molecule has 242 valence electrons. The maximum Gasteiger partial charge on any atom is 0.261 e. The second-order valence-electron chi connectivity index (χ2n) is 10.6. The molecule has 46 heavy (non-hydrogen) atoms. The van der Waals surface area contributed by atoms with Crippen molar-refractivity contribution in [2.45, 2.75) is 27.2 Å². The van der Waals surface area contributed by atoms with Crippen LogP contribution in [-0.2, 0) is 9.59 Å². The van der Waals surface area contributed by atoms with Crippen molar-refractivity contribution >= 4 is 41.1 Å². The van der Waals surface area contributed by atoms with Crippen LogP contribution in [0.1, 0.15) is 57.1 Å². The summed E-state index contributed by atoms with van der Waals surface area (Å²) in [6.45, 7) is 4.92. The van der Waals surface area contributed by atoms with Crippen molar-refractivity contribution in [1.82, 2.24) is 15.7 Å². The fraction of sp³-hybridized carbons (Fsp3) is 0.273. The topological polar surface area (TPSA) is 210 Å². The number of carbonyl (C=O) groups excluding carboxylic acids is 5. The Kier molecular flexibility index (Phi) is 13.9. The second-order valence-corrected chi connectivity index (χ2v) is 10.6. The first kappa shape index (κ1) is 36.5. The highest BCUT2D eigenvalue weighted by molar-refractivity contribution is 6.21. The van der Waals surface area contributed by atoms with E-state index in [-0.39, 0.29) is 41.7 Å². The Hall–Kier alpha value is -5.74. The third-order valence-corrected chi connectivity index (χ3v) is 6.76. The van der Waals surface area contributed by atoms with Gasteiger partial charge in [0, 0.05) is 6.54 Å². The molecule has 7 N–H and O–H groups in total. The summed E-state index contributed by atoms with van der Waals surface area (Å²) in [6, 6.07) is 16.9. The van der Waals surface area contributed by atoms with Crippen molar-refractivity contribution in [2.75, 3.05) is 13.1 Å². The number of hydrogen-bond acceptors (Lipinski definition) is 8. The number of ketones is 1. The predicted molar refractivity (Wildman–Crippen MR) is 171 cm³/mol. The number of hydrogen-bond donors (Lipinski definition) is 5. The fourth-order valence-corrected chi connectivity index (χ4v) is 4.63. The van der Waals surface area contributed by atoms with Crippen LogP contribution in [-0.4, -0.2) is 58.6 Å². The Morgan fingerprint density at radius 2 is 1.50 bits per heavy atom. The van der Waals surface area contributed by atoms with E-state index in [1.807, 2.05) is 45.0 Å². The Bertz CT molecular complexity index is 1520. The molecule has 4 rings (SSSR count). The van der Waals surface area contributed by atoms with Crippen LogP contribution in [0.15, 0.2) is 76.3 Å². The molecule has 4 amide bonds. The molecule has 1 aromatic heterocycles. The van der Waals surface area contributed by atoms with E-state index in [0.29, 0.717) is 0 Å². The number of hydroxylamine groups is 1. The summed E-state index contributed by atoms with van der Waals surface area (Å²) in [7, 11) is 0. The number of rotatable bonds is 11. The molecule has 0 radical (unpaired) electrons. The van der Waals surface area contributed by atoms with Crippen molar-refractivity contribution in [3.63, 3.8) is 0 Å². The van der Waals surface area contributed by atoms with Gasteiger partial charge in [-0.1, -0.05) is 43.7 Å². The molecule has 2 aromatic carbocycles. The first-order chi connectivity index (χ1) is 21.9. The van der Waals surface area contributed by atoms with Gasteiger partial charge in [-0.15, -0.1) is 12.8 Å². The number of nitrogens with one attached hydrogen (secondary N) is 2. The first-order valence-corrected chi connectivity index (χ1v) is 14.2. The van der Waals surface area contributed by atoms with Gasteiger partial charge >= 0.3 is 0 Å². The quantitative estimate of drug-likeness (QED) is 0.0400. The van der Waals surface area contributed by atoms with Crippen LogP contribution < -0.4 is 22.3 Å². The van der Waals surface area contributed by atoms with E-state index < -0.39 is 47.8 Å². The lowest BCUT2D eigenvalue weighted by atomic mass is 9.83. The minimum absolute atomic E-state index is 0.0438. The summed E-state index contributed by atoms with van der Waals surface area (Å²) in [5.41, 5.74) is 14.3. The number of aryl methyl sites for hydroxylation is 1. The van der Waals surface area contributed by atoms with Crippen LogP contribution in [0.2, 0.25) is 0 Å². The molecule has 3 aromatic rings. The van der Waals surface area contributed by atoms with Gasteiger partial charge in [-0.25, -0.2) is 10.5 Å². The highest BCUT2D eigenvalue weighted by atomic mass is 16.5. The smallest absolute Gasteiger partial charge is 0.261 e. The van der Waals surface area contributed by atoms with Crippen molar-refractivity contribution in [3.05, 3.63) is 89.4 Å². The van der Waals surface area contributed by atoms with Crippen molar-refractivity contribution < 1.29 is 33.6 Å². The number of aliphatic imine (C=N–C) groups is 1. The molecule has 1 unspecified atom stereocenters. The number of imide groups is 1. The number of carbonyl (C=O) groups is 5. The van der Waals surface area contributed by atoms with Crippen LogP contribution >= 0.6 is 0 Å². The number of guanidine groups is 1. The number of fused-ring (bicyclic) bond motifs is 1. The minimum atomic E-state index is -1.24. The van der Waals surface area contributed by atoms with Crippen LogP contribution in [0.4, 0.5) is 5.69 Å². The van der Waals surface area contributed by atoms with Crippen LogP contribution in [0.3, 0.4) is 0 Å². The molecule has 13 heteroatoms. The van der Waals surface area contributed by atoms with Crippen LogP contribution in [0.5, 0.6) is 0 Å². The number of nitrogens with zero attached hydrogens (tertiary/aromatic N) is 2. The lowest BCUT2D eigenvalue weighted by molar-refractivity contribution is -0.141. The molecular formula is C33H38N6O7. The van der Waals surface area contributed by atoms with Gasteiger partial charge in [0.15, 0.2) is 11.7 Å². The Morgan fingerprint density at radius 1 is 0.913 bits per heavy atom. The monoisotopic (exact) mass is 630 g/mol. The lowest BCUT2D eigenvalue weighted by Gasteiger charge is -2.28. The van der Waals surface area contributed by atoms with Gasteiger partial charge in [-0.05, 0) is 55.7 Å². The number of Topliss-reactive ketones (excluding diaryl/α,β-unsaturated/α-hetero) is 1. The molecule has 13 nitrogen and oxygen atoms in total. The number of nitrogens with two attached hydrogens (primary N) is 2. The van der Waals surface area contributed by atoms with E-state index in [1.54, 1.807) is 18.2 Å². The van der Waals surface area contributed by atoms with E-state index in [2.05, 4.69) is 23.2 Å². The van der Waals surface area contributed by atoms with Gasteiger partial charge in [-0.3, -0.25) is 34.1 Å². The van der Waals surface area contributed by atoms with Crippen LogP contribution in [0, 0.1) is 37.5 Å². The molecular weight excluding hydrogens is 592 g/mol. The fourth-order valence-electron chi connectivity index (χ4n) is 4.63. The molecule has 0 spiro atoms. The van der Waals surface area contributed by atoms with Gasteiger partial charge in [0.2, 0.25) is 17.6 Å². The number of terminal acetylenes is 1. The van der Waals surface area contributed by atoms with Crippen molar-refractivity contribution in [1.29, 1.82) is 0 Å². The summed E-state index contributed by atoms with van der Waals surface area (Å²) in [5, 5.41) is 11.8.